The molecule has 0 radical (unpaired) electrons. The average Bonchev–Trinajstić information content (AvgIpc) is 2.67. The second-order valence-electron chi connectivity index (χ2n) is 6.13. The van der Waals surface area contributed by atoms with E-state index >= 15 is 0 Å². The lowest BCUT2D eigenvalue weighted by molar-refractivity contribution is -0.121. The molecule has 1 atom stereocenters. The van der Waals surface area contributed by atoms with Gasteiger partial charge in [-0.3, -0.25) is 4.79 Å². The molecular formula is C20H25BrN2O4S. The molecule has 0 fully saturated rings. The summed E-state index contributed by atoms with van der Waals surface area (Å²) in [6.07, 6.45) is 0.800. The first-order chi connectivity index (χ1) is 13.4. The number of amides is 1. The average molecular weight is 469 g/mol. The van der Waals surface area contributed by atoms with Crippen molar-refractivity contribution in [3.8, 4) is 5.75 Å². The lowest BCUT2D eigenvalue weighted by atomic mass is 10.0. The molecule has 0 spiro atoms. The molecule has 0 heterocycles. The molecule has 2 aromatic rings. The fraction of sp³-hybridized carbons (Fsp3) is 0.350. The number of carbonyl (C=O) groups excluding carboxylic acids is 1. The topological polar surface area (TPSA) is 84.5 Å². The summed E-state index contributed by atoms with van der Waals surface area (Å²) in [4.78, 5) is 12.4. The van der Waals surface area contributed by atoms with E-state index in [1.165, 1.54) is 12.1 Å². The molecule has 0 aliphatic carbocycles. The number of hydrogen-bond acceptors (Lipinski definition) is 4. The van der Waals surface area contributed by atoms with E-state index in [9.17, 15) is 13.2 Å². The molecule has 2 rings (SSSR count). The minimum atomic E-state index is -3.67. The predicted molar refractivity (Wildman–Crippen MR) is 113 cm³/mol. The maximum atomic E-state index is 12.3. The molecule has 2 aromatic carbocycles. The Morgan fingerprint density at radius 3 is 2.29 bits per heavy atom. The summed E-state index contributed by atoms with van der Waals surface area (Å²) in [7, 11) is -3.67. The van der Waals surface area contributed by atoms with Crippen molar-refractivity contribution in [3.05, 3.63) is 58.6 Å². The lowest BCUT2D eigenvalue weighted by Crippen LogP contribution is -2.32. The van der Waals surface area contributed by atoms with Crippen LogP contribution in [0.15, 0.2) is 57.9 Å². The van der Waals surface area contributed by atoms with Crippen LogP contribution in [0.4, 0.5) is 0 Å². The summed E-state index contributed by atoms with van der Waals surface area (Å²) >= 11 is 3.39. The van der Waals surface area contributed by atoms with Gasteiger partial charge in [0.2, 0.25) is 15.9 Å². The van der Waals surface area contributed by atoms with Gasteiger partial charge in [-0.05, 0) is 55.3 Å². The van der Waals surface area contributed by atoms with Crippen molar-refractivity contribution in [3.63, 3.8) is 0 Å². The molecule has 0 bridgehead atoms. The zero-order valence-electron chi connectivity index (χ0n) is 15.9. The molecule has 28 heavy (non-hydrogen) atoms. The highest BCUT2D eigenvalue weighted by atomic mass is 79.9. The van der Waals surface area contributed by atoms with E-state index in [-0.39, 0.29) is 29.8 Å². The normalized spacial score (nSPS) is 12.4. The Morgan fingerprint density at radius 2 is 1.71 bits per heavy atom. The van der Waals surface area contributed by atoms with Crippen LogP contribution in [-0.4, -0.2) is 27.5 Å². The Bertz CT molecular complexity index is 868. The smallest absolute Gasteiger partial charge is 0.240 e. The minimum Gasteiger partial charge on any atom is -0.494 e. The summed E-state index contributed by atoms with van der Waals surface area (Å²) in [5, 5.41) is 2.94. The molecule has 2 N–H and O–H groups in total. The fourth-order valence-electron chi connectivity index (χ4n) is 2.65. The quantitative estimate of drug-likeness (QED) is 0.555. The number of sulfonamides is 1. The number of rotatable bonds is 10. The summed E-state index contributed by atoms with van der Waals surface area (Å²) in [6, 6.07) is 13.8. The number of halogens is 1. The summed E-state index contributed by atoms with van der Waals surface area (Å²) in [5.41, 5.74) is 1.01. The summed E-state index contributed by atoms with van der Waals surface area (Å²) < 4.78 is 33.4. The van der Waals surface area contributed by atoms with E-state index in [0.717, 1.165) is 16.5 Å². The van der Waals surface area contributed by atoms with Crippen LogP contribution >= 0.6 is 15.9 Å². The zero-order valence-corrected chi connectivity index (χ0v) is 18.3. The number of benzene rings is 2. The first-order valence-corrected chi connectivity index (χ1v) is 11.4. The molecule has 0 saturated heterocycles. The highest BCUT2D eigenvalue weighted by Gasteiger charge is 2.16. The standard InChI is InChI=1S/C20H25BrN2O4S/c1-3-19(15-5-7-16(21)8-6-15)23-20(24)13-14-22-28(25,26)18-11-9-17(10-12-18)27-4-2/h5-12,19,22H,3-4,13-14H2,1-2H3,(H,23,24). The van der Waals surface area contributed by atoms with Crippen molar-refractivity contribution in [1.82, 2.24) is 10.0 Å². The van der Waals surface area contributed by atoms with Crippen LogP contribution in [0.25, 0.3) is 0 Å². The van der Waals surface area contributed by atoms with Crippen LogP contribution in [0, 0.1) is 0 Å². The predicted octanol–water partition coefficient (Wildman–Crippen LogP) is 3.78. The Balaban J connectivity index is 1.87. The van der Waals surface area contributed by atoms with Crippen LogP contribution in [-0.2, 0) is 14.8 Å². The number of carbonyl (C=O) groups is 1. The van der Waals surface area contributed by atoms with Gasteiger partial charge in [-0.2, -0.15) is 0 Å². The lowest BCUT2D eigenvalue weighted by Gasteiger charge is -2.17. The Hall–Kier alpha value is -1.90. The summed E-state index contributed by atoms with van der Waals surface area (Å²) in [6.45, 7) is 4.38. The van der Waals surface area contributed by atoms with Crippen LogP contribution in [0.3, 0.4) is 0 Å². The van der Waals surface area contributed by atoms with Crippen molar-refractivity contribution in [2.75, 3.05) is 13.2 Å². The number of nitrogens with one attached hydrogen (secondary N) is 2. The fourth-order valence-corrected chi connectivity index (χ4v) is 3.94. The van der Waals surface area contributed by atoms with Crippen LogP contribution in [0.1, 0.15) is 38.3 Å². The van der Waals surface area contributed by atoms with E-state index in [1.807, 2.05) is 38.1 Å². The molecule has 0 aliphatic heterocycles. The monoisotopic (exact) mass is 468 g/mol. The van der Waals surface area contributed by atoms with Crippen molar-refractivity contribution in [1.29, 1.82) is 0 Å². The largest absolute Gasteiger partial charge is 0.494 e. The molecule has 152 valence electrons. The first kappa shape index (κ1) is 22.4. The van der Waals surface area contributed by atoms with Crippen molar-refractivity contribution < 1.29 is 17.9 Å². The van der Waals surface area contributed by atoms with Gasteiger partial charge in [0.15, 0.2) is 0 Å². The van der Waals surface area contributed by atoms with Gasteiger partial charge in [-0.1, -0.05) is 35.0 Å². The van der Waals surface area contributed by atoms with Gasteiger partial charge in [-0.15, -0.1) is 0 Å². The van der Waals surface area contributed by atoms with Gasteiger partial charge in [-0.25, -0.2) is 13.1 Å². The molecule has 1 amide bonds. The third-order valence-electron chi connectivity index (χ3n) is 4.11. The van der Waals surface area contributed by atoms with Crippen molar-refractivity contribution >= 4 is 31.9 Å². The Kier molecular flexibility index (Phi) is 8.47. The summed E-state index contributed by atoms with van der Waals surface area (Å²) in [5.74, 6) is 0.406. The maximum Gasteiger partial charge on any atom is 0.240 e. The van der Waals surface area contributed by atoms with Gasteiger partial charge in [0, 0.05) is 17.4 Å². The van der Waals surface area contributed by atoms with Crippen LogP contribution in [0.2, 0.25) is 0 Å². The first-order valence-electron chi connectivity index (χ1n) is 9.13. The maximum absolute atomic E-state index is 12.3. The van der Waals surface area contributed by atoms with Gasteiger partial charge < -0.3 is 10.1 Å². The molecule has 0 saturated carbocycles. The van der Waals surface area contributed by atoms with Crippen LogP contribution in [0.5, 0.6) is 5.75 Å². The second kappa shape index (κ2) is 10.6. The SMILES string of the molecule is CCOc1ccc(S(=O)(=O)NCCC(=O)NC(CC)c2ccc(Br)cc2)cc1. The third kappa shape index (κ3) is 6.61. The van der Waals surface area contributed by atoms with Gasteiger partial charge in [0.05, 0.1) is 17.5 Å². The molecule has 8 heteroatoms. The van der Waals surface area contributed by atoms with E-state index in [0.29, 0.717) is 12.4 Å². The second-order valence-corrected chi connectivity index (χ2v) is 8.81. The van der Waals surface area contributed by atoms with E-state index < -0.39 is 10.0 Å². The van der Waals surface area contributed by atoms with Gasteiger partial charge >= 0.3 is 0 Å². The molecular weight excluding hydrogens is 444 g/mol. The molecule has 0 aromatic heterocycles. The highest BCUT2D eigenvalue weighted by Crippen LogP contribution is 2.19. The molecule has 0 aliphatic rings. The van der Waals surface area contributed by atoms with Crippen molar-refractivity contribution in [2.45, 2.75) is 37.6 Å². The Morgan fingerprint density at radius 1 is 1.07 bits per heavy atom. The molecule has 1 unspecified atom stereocenters. The Labute approximate surface area is 174 Å². The number of hydrogen-bond donors (Lipinski definition) is 2. The molecule has 6 nitrogen and oxygen atoms in total. The zero-order chi connectivity index (χ0) is 20.6. The van der Waals surface area contributed by atoms with Gasteiger partial charge in [0.25, 0.3) is 0 Å². The minimum absolute atomic E-state index is 0.0259. The van der Waals surface area contributed by atoms with E-state index in [2.05, 4.69) is 26.0 Å². The highest BCUT2D eigenvalue weighted by molar-refractivity contribution is 9.10. The third-order valence-corrected chi connectivity index (χ3v) is 6.11. The van der Waals surface area contributed by atoms with Gasteiger partial charge in [0.1, 0.15) is 5.75 Å². The van der Waals surface area contributed by atoms with Crippen LogP contribution < -0.4 is 14.8 Å². The van der Waals surface area contributed by atoms with Crippen molar-refractivity contribution in [2.24, 2.45) is 0 Å². The number of ether oxygens (including phenoxy) is 1. The van der Waals surface area contributed by atoms with E-state index in [4.69, 9.17) is 4.74 Å². The van der Waals surface area contributed by atoms with E-state index in [1.54, 1.807) is 12.1 Å².